The molecule has 0 saturated carbocycles. The number of halogens is 1. The van der Waals surface area contributed by atoms with Gasteiger partial charge in [0, 0.05) is 12.2 Å². The van der Waals surface area contributed by atoms with E-state index in [2.05, 4.69) is 10.6 Å². The molecule has 1 aromatic carbocycles. The van der Waals surface area contributed by atoms with Crippen molar-refractivity contribution in [3.8, 4) is 0 Å². The van der Waals surface area contributed by atoms with E-state index in [0.717, 1.165) is 12.0 Å². The Bertz CT molecular complexity index is 656. The summed E-state index contributed by atoms with van der Waals surface area (Å²) in [5.41, 5.74) is 1.97. The Morgan fingerprint density at radius 1 is 1.27 bits per heavy atom. The summed E-state index contributed by atoms with van der Waals surface area (Å²) in [6.07, 6.45) is 1.18. The number of amides is 2. The van der Waals surface area contributed by atoms with Gasteiger partial charge in [0.1, 0.15) is 0 Å². The maximum absolute atomic E-state index is 11.9. The van der Waals surface area contributed by atoms with Crippen molar-refractivity contribution in [2.45, 2.75) is 19.8 Å². The monoisotopic (exact) mass is 336 g/mol. The van der Waals surface area contributed by atoms with Gasteiger partial charge in [-0.15, -0.1) is 0 Å². The number of rotatable bonds is 6. The molecule has 2 N–H and O–H groups in total. The molecule has 0 aliphatic carbocycles. The summed E-state index contributed by atoms with van der Waals surface area (Å²) >= 11 is 7.68. The number of carbonyl (C=O) groups is 2. The smallest absolute Gasteiger partial charge is 0.252 e. The molecule has 0 bridgehead atoms. The van der Waals surface area contributed by atoms with E-state index in [-0.39, 0.29) is 11.8 Å². The lowest BCUT2D eigenvalue weighted by molar-refractivity contribution is -0.115. The first kappa shape index (κ1) is 16.5. The Hall–Kier alpha value is -1.85. The second-order valence-corrected chi connectivity index (χ2v) is 5.99. The first-order chi connectivity index (χ1) is 10.6. The average Bonchev–Trinajstić information content (AvgIpc) is 2.97. The molecular weight excluding hydrogens is 320 g/mol. The van der Waals surface area contributed by atoms with Gasteiger partial charge in [0.05, 0.1) is 17.0 Å². The Morgan fingerprint density at radius 3 is 2.73 bits per heavy atom. The van der Waals surface area contributed by atoms with Crippen LogP contribution in [0.2, 0.25) is 5.02 Å². The molecule has 0 aliphatic rings. The van der Waals surface area contributed by atoms with Crippen LogP contribution in [0.25, 0.3) is 0 Å². The van der Waals surface area contributed by atoms with Crippen LogP contribution in [0.5, 0.6) is 0 Å². The summed E-state index contributed by atoms with van der Waals surface area (Å²) in [5.74, 6) is -0.319. The minimum Gasteiger partial charge on any atom is -0.352 e. The molecule has 0 spiro atoms. The van der Waals surface area contributed by atoms with Crippen LogP contribution in [-0.2, 0) is 11.2 Å². The van der Waals surface area contributed by atoms with Crippen molar-refractivity contribution in [3.05, 3.63) is 51.2 Å². The van der Waals surface area contributed by atoms with Crippen LogP contribution < -0.4 is 10.6 Å². The highest BCUT2D eigenvalue weighted by Gasteiger charge is 2.11. The highest BCUT2D eigenvalue weighted by Crippen LogP contribution is 2.21. The van der Waals surface area contributed by atoms with Gasteiger partial charge >= 0.3 is 0 Å². The predicted molar refractivity (Wildman–Crippen MR) is 90.7 cm³/mol. The molecule has 0 atom stereocenters. The van der Waals surface area contributed by atoms with E-state index in [1.54, 1.807) is 29.5 Å². The molecule has 2 aromatic rings. The van der Waals surface area contributed by atoms with Crippen LogP contribution in [0.1, 0.15) is 29.3 Å². The normalized spacial score (nSPS) is 10.3. The van der Waals surface area contributed by atoms with Crippen LogP contribution >= 0.6 is 22.9 Å². The maximum Gasteiger partial charge on any atom is 0.252 e. The lowest BCUT2D eigenvalue weighted by Gasteiger charge is -2.09. The van der Waals surface area contributed by atoms with E-state index in [9.17, 15) is 9.59 Å². The summed E-state index contributed by atoms with van der Waals surface area (Å²) in [6.45, 7) is 2.59. The quantitative estimate of drug-likeness (QED) is 0.844. The fraction of sp³-hybridized carbons (Fsp3) is 0.250. The van der Waals surface area contributed by atoms with Crippen LogP contribution in [0, 0.1) is 0 Å². The zero-order valence-corrected chi connectivity index (χ0v) is 13.8. The Labute approximate surface area is 138 Å². The minimum absolute atomic E-state index is 0.113. The molecule has 116 valence electrons. The van der Waals surface area contributed by atoms with Gasteiger partial charge in [-0.25, -0.2) is 0 Å². The fourth-order valence-corrected chi connectivity index (χ4v) is 2.83. The van der Waals surface area contributed by atoms with Gasteiger partial charge in [0.25, 0.3) is 5.91 Å². The standard InChI is InChI=1S/C16H17ClN2O2S/c1-2-6-18-16(21)13-4-3-12(9-14(13)17)19-15(20)8-11-5-7-22-10-11/h3-5,7,9-10H,2,6,8H2,1H3,(H,18,21)(H,19,20). The maximum atomic E-state index is 11.9. The number of hydrogen-bond donors (Lipinski definition) is 2. The topological polar surface area (TPSA) is 58.2 Å². The molecular formula is C16H17ClN2O2S. The van der Waals surface area contributed by atoms with Gasteiger partial charge in [-0.2, -0.15) is 11.3 Å². The van der Waals surface area contributed by atoms with Crippen LogP contribution in [0.4, 0.5) is 5.69 Å². The molecule has 4 nitrogen and oxygen atoms in total. The fourth-order valence-electron chi connectivity index (χ4n) is 1.89. The van der Waals surface area contributed by atoms with Crippen molar-refractivity contribution < 1.29 is 9.59 Å². The van der Waals surface area contributed by atoms with E-state index in [0.29, 0.717) is 29.2 Å². The average molecular weight is 337 g/mol. The van der Waals surface area contributed by atoms with Crippen molar-refractivity contribution in [1.82, 2.24) is 5.32 Å². The van der Waals surface area contributed by atoms with Gasteiger partial charge in [-0.05, 0) is 47.0 Å². The molecule has 0 aliphatic heterocycles. The molecule has 0 unspecified atom stereocenters. The van der Waals surface area contributed by atoms with Crippen molar-refractivity contribution in [3.63, 3.8) is 0 Å². The molecule has 2 amide bonds. The molecule has 2 rings (SSSR count). The molecule has 0 radical (unpaired) electrons. The molecule has 22 heavy (non-hydrogen) atoms. The van der Waals surface area contributed by atoms with E-state index < -0.39 is 0 Å². The zero-order chi connectivity index (χ0) is 15.9. The summed E-state index contributed by atoms with van der Waals surface area (Å²) in [4.78, 5) is 23.8. The van der Waals surface area contributed by atoms with Crippen LogP contribution in [-0.4, -0.2) is 18.4 Å². The number of benzene rings is 1. The summed E-state index contributed by atoms with van der Waals surface area (Å²) in [6, 6.07) is 6.80. The van der Waals surface area contributed by atoms with Crippen molar-refractivity contribution in [1.29, 1.82) is 0 Å². The Morgan fingerprint density at radius 2 is 2.09 bits per heavy atom. The molecule has 1 aromatic heterocycles. The Kier molecular flexibility index (Phi) is 5.98. The van der Waals surface area contributed by atoms with Gasteiger partial charge in [-0.3, -0.25) is 9.59 Å². The van der Waals surface area contributed by atoms with Gasteiger partial charge in [0.2, 0.25) is 5.91 Å². The summed E-state index contributed by atoms with van der Waals surface area (Å²) < 4.78 is 0. The lowest BCUT2D eigenvalue weighted by atomic mass is 10.1. The zero-order valence-electron chi connectivity index (χ0n) is 12.2. The van der Waals surface area contributed by atoms with Gasteiger partial charge in [-0.1, -0.05) is 18.5 Å². The van der Waals surface area contributed by atoms with Crippen LogP contribution in [0.3, 0.4) is 0 Å². The van der Waals surface area contributed by atoms with Gasteiger partial charge in [0.15, 0.2) is 0 Å². The SMILES string of the molecule is CCCNC(=O)c1ccc(NC(=O)Cc2ccsc2)cc1Cl. The number of carbonyl (C=O) groups excluding carboxylic acids is 2. The number of thiophene rings is 1. The number of hydrogen-bond acceptors (Lipinski definition) is 3. The lowest BCUT2D eigenvalue weighted by Crippen LogP contribution is -2.24. The first-order valence-corrected chi connectivity index (χ1v) is 8.31. The second-order valence-electron chi connectivity index (χ2n) is 4.81. The first-order valence-electron chi connectivity index (χ1n) is 6.99. The molecule has 1 heterocycles. The Balaban J connectivity index is 1.99. The van der Waals surface area contributed by atoms with Crippen molar-refractivity contribution in [2.24, 2.45) is 0 Å². The van der Waals surface area contributed by atoms with Gasteiger partial charge < -0.3 is 10.6 Å². The van der Waals surface area contributed by atoms with Crippen molar-refractivity contribution >= 4 is 40.4 Å². The number of anilines is 1. The summed E-state index contributed by atoms with van der Waals surface area (Å²) in [5, 5.41) is 9.74. The third-order valence-electron chi connectivity index (χ3n) is 2.98. The highest BCUT2D eigenvalue weighted by molar-refractivity contribution is 7.08. The predicted octanol–water partition coefficient (Wildman–Crippen LogP) is 3.72. The van der Waals surface area contributed by atoms with E-state index in [1.165, 1.54) is 0 Å². The molecule has 0 fully saturated rings. The minimum atomic E-state index is -0.206. The largest absolute Gasteiger partial charge is 0.352 e. The number of nitrogens with one attached hydrogen (secondary N) is 2. The third kappa shape index (κ3) is 4.58. The van der Waals surface area contributed by atoms with Crippen LogP contribution in [0.15, 0.2) is 35.0 Å². The third-order valence-corrected chi connectivity index (χ3v) is 4.02. The van der Waals surface area contributed by atoms with Crippen molar-refractivity contribution in [2.75, 3.05) is 11.9 Å². The second kappa shape index (κ2) is 7.96. The van der Waals surface area contributed by atoms with E-state index >= 15 is 0 Å². The summed E-state index contributed by atoms with van der Waals surface area (Å²) in [7, 11) is 0. The van der Waals surface area contributed by atoms with E-state index in [1.807, 2.05) is 23.8 Å². The van der Waals surface area contributed by atoms with E-state index in [4.69, 9.17) is 11.6 Å². The molecule has 6 heteroatoms. The highest BCUT2D eigenvalue weighted by atomic mass is 35.5. The molecule has 0 saturated heterocycles.